The summed E-state index contributed by atoms with van der Waals surface area (Å²) in [6.07, 6.45) is 0.246. The van der Waals surface area contributed by atoms with Crippen molar-refractivity contribution in [1.82, 2.24) is 5.48 Å². The van der Waals surface area contributed by atoms with Gasteiger partial charge in [-0.1, -0.05) is 18.2 Å². The molecule has 0 saturated heterocycles. The predicted molar refractivity (Wildman–Crippen MR) is 105 cm³/mol. The Morgan fingerprint density at radius 3 is 2.45 bits per heavy atom. The fourth-order valence-corrected chi connectivity index (χ4v) is 2.77. The molecule has 2 aromatic carbocycles. The lowest BCUT2D eigenvalue weighted by Gasteiger charge is -2.16. The standard InChI is InChI=1S/C20H20ClFN2O5/c1-12(25)23-15-10-14(18(28-2)16(22)11-15)8-9-17(19(21)26)24-29-20(27)13-6-4-3-5-7-13/h3-7,10-11,17,24H,8-9H2,1-2H3,(H,23,25)/t17-/m0/s1. The summed E-state index contributed by atoms with van der Waals surface area (Å²) in [5, 5.41) is 1.72. The topological polar surface area (TPSA) is 93.7 Å². The molecule has 0 aromatic heterocycles. The minimum absolute atomic E-state index is 0.0128. The average Bonchev–Trinajstić information content (AvgIpc) is 2.67. The second kappa shape index (κ2) is 10.5. The summed E-state index contributed by atoms with van der Waals surface area (Å²) in [5.41, 5.74) is 3.32. The normalized spacial score (nSPS) is 11.4. The van der Waals surface area contributed by atoms with Gasteiger partial charge in [0.25, 0.3) is 0 Å². The molecule has 9 heteroatoms. The van der Waals surface area contributed by atoms with E-state index >= 15 is 0 Å². The number of rotatable bonds is 9. The third-order valence-corrected chi connectivity index (χ3v) is 4.19. The van der Waals surface area contributed by atoms with Gasteiger partial charge in [0.1, 0.15) is 6.04 Å². The number of ether oxygens (including phenoxy) is 1. The maximum atomic E-state index is 14.2. The number of carbonyl (C=O) groups is 3. The number of nitrogens with one attached hydrogen (secondary N) is 2. The van der Waals surface area contributed by atoms with Crippen LogP contribution in [0.5, 0.6) is 5.75 Å². The number of hydroxylamine groups is 1. The van der Waals surface area contributed by atoms with Gasteiger partial charge in [0.15, 0.2) is 11.6 Å². The van der Waals surface area contributed by atoms with Crippen LogP contribution in [-0.4, -0.2) is 30.3 Å². The summed E-state index contributed by atoms with van der Waals surface area (Å²) in [6.45, 7) is 1.30. The van der Waals surface area contributed by atoms with Crippen LogP contribution in [0, 0.1) is 5.82 Å². The molecule has 1 atom stereocenters. The van der Waals surface area contributed by atoms with Crippen LogP contribution in [0.15, 0.2) is 42.5 Å². The van der Waals surface area contributed by atoms with Gasteiger partial charge in [0.05, 0.1) is 12.7 Å². The number of aryl methyl sites for hydroxylation is 1. The van der Waals surface area contributed by atoms with E-state index in [2.05, 4.69) is 10.8 Å². The summed E-state index contributed by atoms with van der Waals surface area (Å²) in [6, 6.07) is 9.85. The van der Waals surface area contributed by atoms with Crippen molar-refractivity contribution in [2.75, 3.05) is 12.4 Å². The third kappa shape index (κ3) is 6.55. The van der Waals surface area contributed by atoms with E-state index in [1.807, 2.05) is 0 Å². The fraction of sp³-hybridized carbons (Fsp3) is 0.250. The zero-order valence-electron chi connectivity index (χ0n) is 15.8. The fourth-order valence-electron chi connectivity index (χ4n) is 2.62. The van der Waals surface area contributed by atoms with Crippen LogP contribution >= 0.6 is 11.6 Å². The lowest BCUT2D eigenvalue weighted by molar-refractivity contribution is -0.116. The number of carbonyl (C=O) groups excluding carboxylic acids is 3. The van der Waals surface area contributed by atoms with Crippen LogP contribution in [0.1, 0.15) is 29.3 Å². The number of hydrogen-bond acceptors (Lipinski definition) is 6. The summed E-state index contributed by atoms with van der Waals surface area (Å²) < 4.78 is 19.3. The maximum Gasteiger partial charge on any atom is 0.356 e. The van der Waals surface area contributed by atoms with Crippen molar-refractivity contribution in [3.63, 3.8) is 0 Å². The highest BCUT2D eigenvalue weighted by atomic mass is 35.5. The van der Waals surface area contributed by atoms with E-state index in [1.165, 1.54) is 20.1 Å². The van der Waals surface area contributed by atoms with Gasteiger partial charge in [0.2, 0.25) is 11.1 Å². The van der Waals surface area contributed by atoms with E-state index in [-0.39, 0.29) is 30.2 Å². The molecule has 7 nitrogen and oxygen atoms in total. The van der Waals surface area contributed by atoms with Crippen LogP contribution in [0.3, 0.4) is 0 Å². The molecule has 2 N–H and O–H groups in total. The summed E-state index contributed by atoms with van der Waals surface area (Å²) >= 11 is 5.59. The molecule has 2 rings (SSSR count). The molecular weight excluding hydrogens is 403 g/mol. The molecular formula is C20H20ClFN2O5. The highest BCUT2D eigenvalue weighted by molar-refractivity contribution is 6.64. The van der Waals surface area contributed by atoms with Gasteiger partial charge >= 0.3 is 5.97 Å². The highest BCUT2D eigenvalue weighted by Gasteiger charge is 2.21. The molecule has 0 saturated carbocycles. The average molecular weight is 423 g/mol. The van der Waals surface area contributed by atoms with Crippen molar-refractivity contribution in [2.45, 2.75) is 25.8 Å². The van der Waals surface area contributed by atoms with Gasteiger partial charge in [-0.25, -0.2) is 9.18 Å². The summed E-state index contributed by atoms with van der Waals surface area (Å²) in [5.74, 6) is -1.71. The van der Waals surface area contributed by atoms with E-state index < -0.39 is 23.1 Å². The van der Waals surface area contributed by atoms with Gasteiger partial charge in [0, 0.05) is 18.7 Å². The monoisotopic (exact) mass is 422 g/mol. The maximum absolute atomic E-state index is 14.2. The quantitative estimate of drug-likeness (QED) is 0.476. The molecule has 2 aromatic rings. The Labute approximate surface area is 172 Å². The largest absolute Gasteiger partial charge is 0.493 e. The Bertz CT molecular complexity index is 892. The third-order valence-electron chi connectivity index (χ3n) is 3.92. The molecule has 0 spiro atoms. The predicted octanol–water partition coefficient (Wildman–Crippen LogP) is 3.22. The van der Waals surface area contributed by atoms with Crippen molar-refractivity contribution in [3.8, 4) is 5.75 Å². The summed E-state index contributed by atoms with van der Waals surface area (Å²) in [4.78, 5) is 39.9. The number of benzene rings is 2. The van der Waals surface area contributed by atoms with Crippen LogP contribution in [0.2, 0.25) is 0 Å². The Morgan fingerprint density at radius 1 is 1.17 bits per heavy atom. The van der Waals surface area contributed by atoms with Gasteiger partial charge in [-0.15, -0.1) is 5.48 Å². The molecule has 0 aliphatic carbocycles. The lowest BCUT2D eigenvalue weighted by Crippen LogP contribution is -2.36. The number of halogens is 2. The smallest absolute Gasteiger partial charge is 0.356 e. The van der Waals surface area contributed by atoms with Crippen molar-refractivity contribution in [3.05, 3.63) is 59.4 Å². The Morgan fingerprint density at radius 2 is 1.86 bits per heavy atom. The Balaban J connectivity index is 2.08. The number of hydrogen-bond donors (Lipinski definition) is 2. The Kier molecular flexibility index (Phi) is 8.11. The zero-order valence-corrected chi connectivity index (χ0v) is 16.6. The molecule has 154 valence electrons. The van der Waals surface area contributed by atoms with E-state index in [4.69, 9.17) is 21.2 Å². The van der Waals surface area contributed by atoms with E-state index in [0.29, 0.717) is 11.1 Å². The minimum atomic E-state index is -1.03. The summed E-state index contributed by atoms with van der Waals surface area (Å²) in [7, 11) is 1.31. The number of amides is 1. The Hall–Kier alpha value is -2.97. The molecule has 0 fully saturated rings. The van der Waals surface area contributed by atoms with Crippen LogP contribution in [0.25, 0.3) is 0 Å². The minimum Gasteiger partial charge on any atom is -0.493 e. The lowest BCUT2D eigenvalue weighted by atomic mass is 10.0. The van der Waals surface area contributed by atoms with Crippen LogP contribution < -0.4 is 15.5 Å². The molecule has 0 bridgehead atoms. The van der Waals surface area contributed by atoms with Gasteiger partial charge in [-0.05, 0) is 48.2 Å². The van der Waals surface area contributed by atoms with E-state index in [1.54, 1.807) is 30.3 Å². The first-order chi connectivity index (χ1) is 13.8. The molecule has 0 heterocycles. The SMILES string of the molecule is COc1c(F)cc(NC(C)=O)cc1CC[C@H](NOC(=O)c1ccccc1)C(=O)Cl. The van der Waals surface area contributed by atoms with Gasteiger partial charge in [-0.2, -0.15) is 0 Å². The van der Waals surface area contributed by atoms with Crippen molar-refractivity contribution < 1.29 is 28.3 Å². The zero-order chi connectivity index (χ0) is 21.4. The molecule has 0 aliphatic rings. The molecule has 29 heavy (non-hydrogen) atoms. The first kappa shape index (κ1) is 22.3. The van der Waals surface area contributed by atoms with Gasteiger partial charge in [-0.3, -0.25) is 9.59 Å². The van der Waals surface area contributed by atoms with Crippen LogP contribution in [-0.2, 0) is 20.8 Å². The van der Waals surface area contributed by atoms with Crippen molar-refractivity contribution in [2.24, 2.45) is 0 Å². The van der Waals surface area contributed by atoms with Crippen molar-refractivity contribution in [1.29, 1.82) is 0 Å². The van der Waals surface area contributed by atoms with E-state index in [9.17, 15) is 18.8 Å². The van der Waals surface area contributed by atoms with Crippen LogP contribution in [0.4, 0.5) is 10.1 Å². The number of anilines is 1. The number of methoxy groups -OCH3 is 1. The molecule has 1 amide bonds. The second-order valence-electron chi connectivity index (χ2n) is 6.10. The molecule has 0 unspecified atom stereocenters. The van der Waals surface area contributed by atoms with Crippen molar-refractivity contribution >= 4 is 34.4 Å². The van der Waals surface area contributed by atoms with E-state index in [0.717, 1.165) is 6.07 Å². The first-order valence-electron chi connectivity index (χ1n) is 8.67. The van der Waals surface area contributed by atoms with Gasteiger partial charge < -0.3 is 14.9 Å². The first-order valence-corrected chi connectivity index (χ1v) is 9.04. The molecule has 0 aliphatic heterocycles. The molecule has 0 radical (unpaired) electrons. The second-order valence-corrected chi connectivity index (χ2v) is 6.47. The highest BCUT2D eigenvalue weighted by Crippen LogP contribution is 2.28.